The second-order valence-electron chi connectivity index (χ2n) is 3.23. The molecule has 1 unspecified atom stereocenters. The molecule has 0 heteroatoms. The van der Waals surface area contributed by atoms with Gasteiger partial charge in [0.25, 0.3) is 0 Å². The molecule has 1 aliphatic rings. The van der Waals surface area contributed by atoms with Gasteiger partial charge in [0.1, 0.15) is 0 Å². The lowest BCUT2D eigenvalue weighted by atomic mass is 9.87. The van der Waals surface area contributed by atoms with Crippen LogP contribution in [0.5, 0.6) is 0 Å². The molecule has 0 radical (unpaired) electrons. The lowest BCUT2D eigenvalue weighted by Crippen LogP contribution is -2.03. The Morgan fingerprint density at radius 1 is 1.50 bits per heavy atom. The first kappa shape index (κ1) is 9.05. The second kappa shape index (κ2) is 4.10. The van der Waals surface area contributed by atoms with E-state index in [-0.39, 0.29) is 0 Å². The highest BCUT2D eigenvalue weighted by Crippen LogP contribution is 2.26. The average molecular weight is 160 g/mol. The van der Waals surface area contributed by atoms with Crippen LogP contribution in [0.3, 0.4) is 0 Å². The van der Waals surface area contributed by atoms with E-state index in [9.17, 15) is 0 Å². The van der Waals surface area contributed by atoms with E-state index in [1.807, 2.05) is 13.0 Å². The topological polar surface area (TPSA) is 0 Å². The highest BCUT2D eigenvalue weighted by atomic mass is 14.2. The molecule has 1 atom stereocenters. The molecule has 64 valence electrons. The molecule has 0 nitrogen and oxygen atoms in total. The van der Waals surface area contributed by atoms with Crippen molar-refractivity contribution in [1.29, 1.82) is 0 Å². The molecular formula is C12H16. The van der Waals surface area contributed by atoms with E-state index in [0.717, 1.165) is 6.42 Å². The predicted molar refractivity (Wildman–Crippen MR) is 55.0 cm³/mol. The Labute approximate surface area is 75.0 Å². The van der Waals surface area contributed by atoms with Gasteiger partial charge in [-0.1, -0.05) is 36.0 Å². The van der Waals surface area contributed by atoms with Crippen LogP contribution in [0.1, 0.15) is 20.3 Å². The summed E-state index contributed by atoms with van der Waals surface area (Å²) in [6, 6.07) is 0. The molecule has 1 rings (SSSR count). The smallest absolute Gasteiger partial charge is 0.00523 e. The molecule has 0 aromatic rings. The Morgan fingerprint density at radius 2 is 2.25 bits per heavy atom. The lowest BCUT2D eigenvalue weighted by Gasteiger charge is -2.17. The second-order valence-corrected chi connectivity index (χ2v) is 3.23. The predicted octanol–water partition coefficient (Wildman–Crippen LogP) is 3.64. The van der Waals surface area contributed by atoms with E-state index in [4.69, 9.17) is 0 Å². The first-order valence-corrected chi connectivity index (χ1v) is 4.40. The number of hydrogen-bond donors (Lipinski definition) is 0. The van der Waals surface area contributed by atoms with E-state index < -0.39 is 0 Å². The Kier molecular flexibility index (Phi) is 3.09. The zero-order valence-corrected chi connectivity index (χ0v) is 7.88. The van der Waals surface area contributed by atoms with Crippen LogP contribution in [0, 0.1) is 5.92 Å². The quantitative estimate of drug-likeness (QED) is 0.541. The van der Waals surface area contributed by atoms with Gasteiger partial charge in [-0.3, -0.25) is 0 Å². The number of hydrogen-bond acceptors (Lipinski definition) is 0. The van der Waals surface area contributed by atoms with Crippen molar-refractivity contribution in [3.63, 3.8) is 0 Å². The van der Waals surface area contributed by atoms with Gasteiger partial charge in [-0.15, -0.1) is 6.58 Å². The fourth-order valence-electron chi connectivity index (χ4n) is 1.49. The van der Waals surface area contributed by atoms with Gasteiger partial charge in [0.2, 0.25) is 0 Å². The molecular weight excluding hydrogens is 144 g/mol. The molecule has 0 N–H and O–H groups in total. The summed E-state index contributed by atoms with van der Waals surface area (Å²) < 4.78 is 0. The fourth-order valence-corrected chi connectivity index (χ4v) is 1.49. The van der Waals surface area contributed by atoms with E-state index in [0.29, 0.717) is 5.92 Å². The Hall–Kier alpha value is -1.04. The molecule has 12 heavy (non-hydrogen) atoms. The summed E-state index contributed by atoms with van der Waals surface area (Å²) in [6.07, 6.45) is 11.8. The summed E-state index contributed by atoms with van der Waals surface area (Å²) in [7, 11) is 0. The van der Waals surface area contributed by atoms with Crippen LogP contribution in [-0.4, -0.2) is 0 Å². The van der Waals surface area contributed by atoms with Crippen molar-refractivity contribution in [3.8, 4) is 0 Å². The van der Waals surface area contributed by atoms with Crippen molar-refractivity contribution in [2.45, 2.75) is 20.3 Å². The molecule has 1 aliphatic carbocycles. The van der Waals surface area contributed by atoms with Crippen molar-refractivity contribution in [2.24, 2.45) is 5.92 Å². The van der Waals surface area contributed by atoms with E-state index in [1.54, 1.807) is 0 Å². The van der Waals surface area contributed by atoms with Gasteiger partial charge in [0.05, 0.1) is 0 Å². The molecule has 0 saturated heterocycles. The molecule has 0 amide bonds. The summed E-state index contributed by atoms with van der Waals surface area (Å²) in [6.45, 7) is 8.06. The van der Waals surface area contributed by atoms with Crippen LogP contribution in [0.2, 0.25) is 0 Å². The van der Waals surface area contributed by atoms with Gasteiger partial charge >= 0.3 is 0 Å². The van der Waals surface area contributed by atoms with Crippen LogP contribution in [0.15, 0.2) is 48.1 Å². The molecule has 0 bridgehead atoms. The van der Waals surface area contributed by atoms with Gasteiger partial charge < -0.3 is 0 Å². The first-order valence-electron chi connectivity index (χ1n) is 4.40. The van der Waals surface area contributed by atoms with Crippen molar-refractivity contribution < 1.29 is 0 Å². The summed E-state index contributed by atoms with van der Waals surface area (Å²) in [5.41, 5.74) is 2.81. The third-order valence-electron chi connectivity index (χ3n) is 2.17. The number of rotatable bonds is 2. The molecule has 0 aliphatic heterocycles. The van der Waals surface area contributed by atoms with Crippen molar-refractivity contribution in [2.75, 3.05) is 0 Å². The monoisotopic (exact) mass is 160 g/mol. The van der Waals surface area contributed by atoms with Crippen LogP contribution < -0.4 is 0 Å². The lowest BCUT2D eigenvalue weighted by molar-refractivity contribution is 0.752. The Balaban J connectivity index is 2.86. The maximum atomic E-state index is 3.85. The van der Waals surface area contributed by atoms with E-state index in [1.165, 1.54) is 11.1 Å². The minimum Gasteiger partial charge on any atom is -0.102 e. The van der Waals surface area contributed by atoms with E-state index >= 15 is 0 Å². The van der Waals surface area contributed by atoms with E-state index in [2.05, 4.69) is 37.8 Å². The summed E-state index contributed by atoms with van der Waals surface area (Å²) in [5, 5.41) is 0. The highest BCUT2D eigenvalue weighted by Gasteiger charge is 2.11. The molecule has 0 aromatic carbocycles. The van der Waals surface area contributed by atoms with Crippen LogP contribution in [-0.2, 0) is 0 Å². The summed E-state index contributed by atoms with van der Waals surface area (Å²) in [4.78, 5) is 0. The first-order chi connectivity index (χ1) is 5.77. The van der Waals surface area contributed by atoms with Crippen LogP contribution >= 0.6 is 0 Å². The average Bonchev–Trinajstić information content (AvgIpc) is 2.08. The fraction of sp³-hybridized carbons (Fsp3) is 0.333. The Morgan fingerprint density at radius 3 is 2.83 bits per heavy atom. The molecule has 0 fully saturated rings. The van der Waals surface area contributed by atoms with Crippen LogP contribution in [0.25, 0.3) is 0 Å². The molecule has 0 aromatic heterocycles. The largest absolute Gasteiger partial charge is 0.102 e. The van der Waals surface area contributed by atoms with Crippen molar-refractivity contribution >= 4 is 0 Å². The van der Waals surface area contributed by atoms with Gasteiger partial charge in [-0.05, 0) is 25.8 Å². The maximum Gasteiger partial charge on any atom is 0.00523 e. The van der Waals surface area contributed by atoms with Gasteiger partial charge in [-0.25, -0.2) is 0 Å². The zero-order chi connectivity index (χ0) is 8.97. The van der Waals surface area contributed by atoms with Gasteiger partial charge in [0, 0.05) is 5.92 Å². The third kappa shape index (κ3) is 1.97. The van der Waals surface area contributed by atoms with Gasteiger partial charge in [0.15, 0.2) is 0 Å². The SMILES string of the molecule is C=CC1CC(C)=CC=C1/C=C\C. The third-order valence-corrected chi connectivity index (χ3v) is 2.17. The normalized spacial score (nSPS) is 23.7. The standard InChI is InChI=1S/C12H16/c1-4-6-12-8-7-10(3)9-11(12)5-2/h4-8,11H,2,9H2,1,3H3/b6-4-. The Bertz CT molecular complexity index is 251. The molecule has 0 heterocycles. The summed E-state index contributed by atoms with van der Waals surface area (Å²) in [5.74, 6) is 0.520. The van der Waals surface area contributed by atoms with Crippen molar-refractivity contribution in [1.82, 2.24) is 0 Å². The summed E-state index contributed by atoms with van der Waals surface area (Å²) >= 11 is 0. The van der Waals surface area contributed by atoms with Gasteiger partial charge in [-0.2, -0.15) is 0 Å². The maximum absolute atomic E-state index is 3.85. The number of allylic oxidation sites excluding steroid dienone is 7. The minimum atomic E-state index is 0.520. The van der Waals surface area contributed by atoms with Crippen LogP contribution in [0.4, 0.5) is 0 Å². The van der Waals surface area contributed by atoms with Crippen molar-refractivity contribution in [3.05, 3.63) is 48.1 Å². The highest BCUT2D eigenvalue weighted by molar-refractivity contribution is 5.35. The molecule has 0 saturated carbocycles. The molecule has 0 spiro atoms. The minimum absolute atomic E-state index is 0.520. The zero-order valence-electron chi connectivity index (χ0n) is 7.88.